The smallest absolute Gasteiger partial charge is 0.425 e. The lowest BCUT2D eigenvalue weighted by atomic mass is 10.2. The number of nitrogens with one attached hydrogen (secondary N) is 1. The standard InChI is InChI=1S/C19H14F3N5O2S/c1-10-23-4-5-27(10)18-25-16(12-7-15(19(20,21)22)30-17(12)26-18)24-8-11-2-3-13-14(6-11)29-9-28-13/h2-7H,8-9H2,1H3,(H,24,25,26). The van der Waals surface area contributed by atoms with Gasteiger partial charge in [-0.15, -0.1) is 11.3 Å². The SMILES string of the molecule is Cc1nccn1-c1nc(NCc2ccc3c(c2)OCO3)c2cc(C(F)(F)F)sc2n1. The van der Waals surface area contributed by atoms with E-state index in [0.29, 0.717) is 46.4 Å². The number of aryl methyl sites for hydroxylation is 1. The van der Waals surface area contributed by atoms with Crippen molar-refractivity contribution in [2.75, 3.05) is 12.1 Å². The zero-order chi connectivity index (χ0) is 20.9. The van der Waals surface area contributed by atoms with Gasteiger partial charge in [0.15, 0.2) is 11.5 Å². The molecule has 0 radical (unpaired) electrons. The van der Waals surface area contributed by atoms with Gasteiger partial charge in [0.25, 0.3) is 0 Å². The molecule has 30 heavy (non-hydrogen) atoms. The highest BCUT2D eigenvalue weighted by molar-refractivity contribution is 7.18. The molecule has 4 aromatic rings. The average Bonchev–Trinajstić information content (AvgIpc) is 3.43. The lowest BCUT2D eigenvalue weighted by molar-refractivity contribution is -0.134. The molecule has 154 valence electrons. The molecule has 1 N–H and O–H groups in total. The van der Waals surface area contributed by atoms with E-state index in [2.05, 4.69) is 20.3 Å². The number of nitrogens with zero attached hydrogens (tertiary/aromatic N) is 4. The number of ether oxygens (including phenoxy) is 2. The predicted octanol–water partition coefficient (Wildman–Crippen LogP) is 4.55. The van der Waals surface area contributed by atoms with Crippen molar-refractivity contribution >= 4 is 27.4 Å². The van der Waals surface area contributed by atoms with Gasteiger partial charge in [0.2, 0.25) is 12.7 Å². The summed E-state index contributed by atoms with van der Waals surface area (Å²) in [5.41, 5.74) is 0.873. The average molecular weight is 433 g/mol. The van der Waals surface area contributed by atoms with Gasteiger partial charge in [-0.3, -0.25) is 4.57 Å². The third kappa shape index (κ3) is 3.30. The highest BCUT2D eigenvalue weighted by Crippen LogP contribution is 2.40. The van der Waals surface area contributed by atoms with Crippen molar-refractivity contribution in [1.29, 1.82) is 0 Å². The Labute approximate surface area is 172 Å². The molecule has 0 atom stereocenters. The minimum Gasteiger partial charge on any atom is -0.454 e. The van der Waals surface area contributed by atoms with Crippen LogP contribution in [-0.2, 0) is 12.7 Å². The number of imidazole rings is 1. The summed E-state index contributed by atoms with van der Waals surface area (Å²) in [7, 11) is 0. The molecule has 0 amide bonds. The van der Waals surface area contributed by atoms with Crippen molar-refractivity contribution in [2.45, 2.75) is 19.6 Å². The van der Waals surface area contributed by atoms with Crippen LogP contribution in [0.1, 0.15) is 16.3 Å². The zero-order valence-electron chi connectivity index (χ0n) is 15.5. The maximum atomic E-state index is 13.3. The Morgan fingerprint density at radius 3 is 2.77 bits per heavy atom. The molecular formula is C19H14F3N5O2S. The predicted molar refractivity (Wildman–Crippen MR) is 104 cm³/mol. The number of hydrogen-bond acceptors (Lipinski definition) is 7. The minimum atomic E-state index is -4.45. The molecule has 0 unspecified atom stereocenters. The number of halogens is 3. The molecule has 5 rings (SSSR count). The molecule has 3 aromatic heterocycles. The molecular weight excluding hydrogens is 419 g/mol. The third-order valence-electron chi connectivity index (χ3n) is 4.60. The summed E-state index contributed by atoms with van der Waals surface area (Å²) in [6, 6.07) is 6.55. The maximum absolute atomic E-state index is 13.3. The van der Waals surface area contributed by atoms with Gasteiger partial charge in [0.1, 0.15) is 21.3 Å². The second-order valence-corrected chi connectivity index (χ2v) is 7.62. The Morgan fingerprint density at radius 2 is 2.00 bits per heavy atom. The number of fused-ring (bicyclic) bond motifs is 2. The largest absolute Gasteiger partial charge is 0.454 e. The van der Waals surface area contributed by atoms with E-state index in [-0.39, 0.29) is 17.6 Å². The molecule has 1 aromatic carbocycles. The molecule has 0 saturated carbocycles. The van der Waals surface area contributed by atoms with Crippen LogP contribution < -0.4 is 14.8 Å². The van der Waals surface area contributed by atoms with Gasteiger partial charge >= 0.3 is 6.18 Å². The molecule has 0 saturated heterocycles. The first-order valence-electron chi connectivity index (χ1n) is 8.90. The zero-order valence-corrected chi connectivity index (χ0v) is 16.3. The van der Waals surface area contributed by atoms with Crippen LogP contribution in [0.4, 0.5) is 19.0 Å². The van der Waals surface area contributed by atoms with Crippen LogP contribution in [0.3, 0.4) is 0 Å². The van der Waals surface area contributed by atoms with Crippen molar-refractivity contribution < 1.29 is 22.6 Å². The normalized spacial score (nSPS) is 13.2. The molecule has 7 nitrogen and oxygen atoms in total. The molecule has 1 aliphatic heterocycles. The first-order valence-corrected chi connectivity index (χ1v) is 9.71. The highest BCUT2D eigenvalue weighted by atomic mass is 32.1. The number of thiophene rings is 1. The topological polar surface area (TPSA) is 74.1 Å². The van der Waals surface area contributed by atoms with Gasteiger partial charge in [0, 0.05) is 18.9 Å². The fraction of sp³-hybridized carbons (Fsp3) is 0.211. The van der Waals surface area contributed by atoms with Crippen LogP contribution in [0.5, 0.6) is 11.5 Å². The summed E-state index contributed by atoms with van der Waals surface area (Å²) < 4.78 is 52.1. The summed E-state index contributed by atoms with van der Waals surface area (Å²) >= 11 is 0.587. The second kappa shape index (κ2) is 6.87. The van der Waals surface area contributed by atoms with Crippen LogP contribution in [0, 0.1) is 6.92 Å². The van der Waals surface area contributed by atoms with E-state index in [1.54, 1.807) is 30.0 Å². The Morgan fingerprint density at radius 1 is 1.17 bits per heavy atom. The number of benzene rings is 1. The fourth-order valence-electron chi connectivity index (χ4n) is 3.12. The van der Waals surface area contributed by atoms with Crippen molar-refractivity contribution in [3.63, 3.8) is 0 Å². The van der Waals surface area contributed by atoms with Gasteiger partial charge in [-0.2, -0.15) is 18.2 Å². The highest BCUT2D eigenvalue weighted by Gasteiger charge is 2.34. The van der Waals surface area contributed by atoms with Gasteiger partial charge < -0.3 is 14.8 Å². The minimum absolute atomic E-state index is 0.168. The van der Waals surface area contributed by atoms with E-state index >= 15 is 0 Å². The molecule has 4 heterocycles. The van der Waals surface area contributed by atoms with E-state index in [1.807, 2.05) is 12.1 Å². The Hall–Kier alpha value is -3.34. The number of alkyl halides is 3. The monoisotopic (exact) mass is 433 g/mol. The summed E-state index contributed by atoms with van der Waals surface area (Å²) in [6.07, 6.45) is -1.21. The lowest BCUT2D eigenvalue weighted by Gasteiger charge is -2.10. The first kappa shape index (κ1) is 18.7. The number of aromatic nitrogens is 4. The van der Waals surface area contributed by atoms with E-state index in [1.165, 1.54) is 0 Å². The van der Waals surface area contributed by atoms with Crippen LogP contribution in [0.15, 0.2) is 36.7 Å². The number of anilines is 1. The third-order valence-corrected chi connectivity index (χ3v) is 5.67. The van der Waals surface area contributed by atoms with Crippen molar-refractivity contribution in [3.8, 4) is 17.4 Å². The lowest BCUT2D eigenvalue weighted by Crippen LogP contribution is -2.07. The summed E-state index contributed by atoms with van der Waals surface area (Å²) in [5.74, 6) is 2.48. The van der Waals surface area contributed by atoms with Crippen molar-refractivity contribution in [1.82, 2.24) is 19.5 Å². The Kier molecular flexibility index (Phi) is 4.28. The Balaban J connectivity index is 1.54. The van der Waals surface area contributed by atoms with Gasteiger partial charge in [0.05, 0.1) is 5.39 Å². The van der Waals surface area contributed by atoms with E-state index in [0.717, 1.165) is 11.6 Å². The molecule has 0 fully saturated rings. The Bertz CT molecular complexity index is 1250. The summed E-state index contributed by atoms with van der Waals surface area (Å²) in [6.45, 7) is 2.27. The van der Waals surface area contributed by atoms with E-state index in [9.17, 15) is 13.2 Å². The van der Waals surface area contributed by atoms with Gasteiger partial charge in [-0.1, -0.05) is 6.07 Å². The summed E-state index contributed by atoms with van der Waals surface area (Å²) in [5, 5.41) is 3.45. The molecule has 1 aliphatic rings. The van der Waals surface area contributed by atoms with Crippen LogP contribution >= 0.6 is 11.3 Å². The second-order valence-electron chi connectivity index (χ2n) is 6.59. The number of rotatable bonds is 4. The van der Waals surface area contributed by atoms with E-state index < -0.39 is 11.1 Å². The first-order chi connectivity index (χ1) is 14.4. The van der Waals surface area contributed by atoms with Crippen molar-refractivity contribution in [3.05, 3.63) is 52.9 Å². The maximum Gasteiger partial charge on any atom is 0.425 e. The molecule has 0 spiro atoms. The van der Waals surface area contributed by atoms with Crippen molar-refractivity contribution in [2.24, 2.45) is 0 Å². The molecule has 0 aliphatic carbocycles. The fourth-order valence-corrected chi connectivity index (χ4v) is 4.01. The molecule has 11 heteroatoms. The van der Waals surface area contributed by atoms with Crippen LogP contribution in [0.25, 0.3) is 16.2 Å². The van der Waals surface area contributed by atoms with Crippen LogP contribution in [-0.4, -0.2) is 26.3 Å². The quantitative estimate of drug-likeness (QED) is 0.509. The van der Waals surface area contributed by atoms with E-state index in [4.69, 9.17) is 9.47 Å². The van der Waals surface area contributed by atoms with Crippen LogP contribution in [0.2, 0.25) is 0 Å². The van der Waals surface area contributed by atoms with Gasteiger partial charge in [-0.25, -0.2) is 9.97 Å². The summed E-state index contributed by atoms with van der Waals surface area (Å²) in [4.78, 5) is 12.5. The van der Waals surface area contributed by atoms with Gasteiger partial charge in [-0.05, 0) is 30.7 Å². The number of hydrogen-bond donors (Lipinski definition) is 1. The molecule has 0 bridgehead atoms.